The molecule has 0 amide bonds. The van der Waals surface area contributed by atoms with Crippen LogP contribution in [0, 0.1) is 0 Å². The molecule has 0 fully saturated rings. The predicted molar refractivity (Wildman–Crippen MR) is 120 cm³/mol. The molecule has 0 saturated carbocycles. The van der Waals surface area contributed by atoms with Gasteiger partial charge in [0.25, 0.3) is 0 Å². The van der Waals surface area contributed by atoms with Crippen LogP contribution in [-0.2, 0) is 14.3 Å². The van der Waals surface area contributed by atoms with Gasteiger partial charge in [-0.2, -0.15) is 0 Å². The van der Waals surface area contributed by atoms with Crippen LogP contribution >= 0.6 is 15.9 Å². The van der Waals surface area contributed by atoms with E-state index in [0.717, 1.165) is 5.56 Å². The second-order valence-corrected chi connectivity index (χ2v) is 8.26. The second-order valence-electron chi connectivity index (χ2n) is 7.35. The van der Waals surface area contributed by atoms with Gasteiger partial charge in [-0.3, -0.25) is 4.79 Å². The highest BCUT2D eigenvalue weighted by Crippen LogP contribution is 2.49. The zero-order valence-electron chi connectivity index (χ0n) is 17.4. The number of nitrogens with one attached hydrogen (secondary N) is 1. The number of benzene rings is 2. The molecule has 8 heteroatoms. The number of carboxylic acid groups (broad SMARTS) is 1. The third kappa shape index (κ3) is 3.71. The third-order valence-electron chi connectivity index (χ3n) is 5.38. The molecule has 0 radical (unpaired) electrons. The minimum absolute atomic E-state index is 0.170. The number of carbonyl (C=O) groups excluding carboxylic acids is 2. The molecule has 0 saturated heterocycles. The quantitative estimate of drug-likeness (QED) is 0.580. The Balaban J connectivity index is 1.95. The van der Waals surface area contributed by atoms with E-state index < -0.39 is 24.5 Å². The van der Waals surface area contributed by atoms with Crippen molar-refractivity contribution >= 4 is 39.3 Å². The number of rotatable bonds is 6. The van der Waals surface area contributed by atoms with Crippen molar-refractivity contribution in [3.05, 3.63) is 80.5 Å². The van der Waals surface area contributed by atoms with E-state index in [1.165, 1.54) is 0 Å². The number of allylic oxidation sites excluding steroid dienone is 2. The van der Waals surface area contributed by atoms with E-state index in [-0.39, 0.29) is 23.7 Å². The number of ether oxygens (including phenoxy) is 2. The average molecular weight is 498 g/mol. The van der Waals surface area contributed by atoms with Gasteiger partial charge in [0.1, 0.15) is 5.75 Å². The summed E-state index contributed by atoms with van der Waals surface area (Å²) < 4.78 is 11.6. The molecule has 0 aromatic heterocycles. The molecule has 7 nitrogen and oxygen atoms in total. The van der Waals surface area contributed by atoms with Gasteiger partial charge in [-0.05, 0) is 32.0 Å². The molecule has 2 N–H and O–H groups in total. The van der Waals surface area contributed by atoms with E-state index in [0.29, 0.717) is 32.6 Å². The van der Waals surface area contributed by atoms with E-state index in [4.69, 9.17) is 14.6 Å². The van der Waals surface area contributed by atoms with Crippen LogP contribution in [0.1, 0.15) is 41.3 Å². The van der Waals surface area contributed by atoms with Crippen molar-refractivity contribution in [1.29, 1.82) is 0 Å². The highest BCUT2D eigenvalue weighted by molar-refractivity contribution is 9.10. The monoisotopic (exact) mass is 497 g/mol. The van der Waals surface area contributed by atoms with Crippen LogP contribution in [0.25, 0.3) is 5.70 Å². The Labute approximate surface area is 192 Å². The number of aliphatic carboxylic acids is 1. The fourth-order valence-corrected chi connectivity index (χ4v) is 4.51. The first-order valence-electron chi connectivity index (χ1n) is 10.0. The Morgan fingerprint density at radius 3 is 2.56 bits per heavy atom. The van der Waals surface area contributed by atoms with Crippen molar-refractivity contribution in [1.82, 2.24) is 5.32 Å². The third-order valence-corrected chi connectivity index (χ3v) is 5.87. The average Bonchev–Trinajstić information content (AvgIpc) is 3.04. The summed E-state index contributed by atoms with van der Waals surface area (Å²) in [5.41, 5.74) is 3.66. The molecule has 0 spiro atoms. The number of carboxylic acids is 1. The lowest BCUT2D eigenvalue weighted by atomic mass is 9.79. The minimum atomic E-state index is -1.13. The van der Waals surface area contributed by atoms with Crippen molar-refractivity contribution in [2.75, 3.05) is 13.2 Å². The van der Waals surface area contributed by atoms with Gasteiger partial charge >= 0.3 is 11.9 Å². The lowest BCUT2D eigenvalue weighted by Gasteiger charge is -2.30. The molecule has 0 bridgehead atoms. The Hall–Kier alpha value is -3.39. The summed E-state index contributed by atoms with van der Waals surface area (Å²) in [6.45, 7) is 3.07. The van der Waals surface area contributed by atoms with Crippen LogP contribution in [0.4, 0.5) is 0 Å². The molecule has 1 atom stereocenters. The summed E-state index contributed by atoms with van der Waals surface area (Å²) in [6.07, 6.45) is 0. The van der Waals surface area contributed by atoms with Crippen molar-refractivity contribution in [2.45, 2.75) is 19.8 Å². The second kappa shape index (κ2) is 8.63. The maximum atomic E-state index is 13.5. The molecule has 0 unspecified atom stereocenters. The van der Waals surface area contributed by atoms with Gasteiger partial charge in [-0.1, -0.05) is 40.2 Å². The van der Waals surface area contributed by atoms with Gasteiger partial charge in [-0.15, -0.1) is 0 Å². The molecule has 32 heavy (non-hydrogen) atoms. The van der Waals surface area contributed by atoms with Gasteiger partial charge in [0, 0.05) is 32.4 Å². The van der Waals surface area contributed by atoms with E-state index in [9.17, 15) is 14.4 Å². The maximum Gasteiger partial charge on any atom is 0.341 e. The number of ketones is 1. The number of esters is 1. The van der Waals surface area contributed by atoms with Gasteiger partial charge < -0.3 is 19.9 Å². The Kier molecular flexibility index (Phi) is 5.88. The van der Waals surface area contributed by atoms with E-state index in [2.05, 4.69) is 21.2 Å². The van der Waals surface area contributed by atoms with Crippen LogP contribution in [0.15, 0.2) is 63.8 Å². The van der Waals surface area contributed by atoms with E-state index >= 15 is 0 Å². The first-order valence-corrected chi connectivity index (χ1v) is 10.8. The minimum Gasteiger partial charge on any atom is -0.482 e. The predicted octanol–water partition coefficient (Wildman–Crippen LogP) is 4.04. The van der Waals surface area contributed by atoms with Gasteiger partial charge in [0.15, 0.2) is 12.4 Å². The lowest BCUT2D eigenvalue weighted by Crippen LogP contribution is -2.29. The number of halogens is 1. The standard InChI is InChI=1S/C24H20BrNO6/c1-3-31-24(30)19-12(2)26-22-14-6-4-5-7-15(14)23(29)21(22)20(19)16-10-13(25)8-9-17(16)32-11-18(27)28/h4-10,20,26H,3,11H2,1-2H3,(H,27,28)/t20-/m1/s1. The molecule has 4 rings (SSSR count). The summed E-state index contributed by atoms with van der Waals surface area (Å²) in [5.74, 6) is -2.42. The van der Waals surface area contributed by atoms with Gasteiger partial charge in [0.2, 0.25) is 0 Å². The van der Waals surface area contributed by atoms with Crippen molar-refractivity contribution in [3.8, 4) is 5.75 Å². The van der Waals surface area contributed by atoms with Crippen molar-refractivity contribution in [3.63, 3.8) is 0 Å². The van der Waals surface area contributed by atoms with Gasteiger partial charge in [-0.25, -0.2) is 9.59 Å². The zero-order chi connectivity index (χ0) is 23.0. The Morgan fingerprint density at radius 2 is 1.88 bits per heavy atom. The number of carbonyl (C=O) groups is 3. The van der Waals surface area contributed by atoms with Crippen LogP contribution in [0.2, 0.25) is 0 Å². The van der Waals surface area contributed by atoms with Crippen LogP contribution in [0.5, 0.6) is 5.75 Å². The molecular formula is C24H20BrNO6. The maximum absolute atomic E-state index is 13.5. The Bertz CT molecular complexity index is 1210. The van der Waals surface area contributed by atoms with Crippen LogP contribution in [-0.4, -0.2) is 36.0 Å². The molecule has 2 aromatic carbocycles. The van der Waals surface area contributed by atoms with Crippen molar-refractivity contribution < 1.29 is 29.0 Å². The summed E-state index contributed by atoms with van der Waals surface area (Å²) in [7, 11) is 0. The SMILES string of the molecule is CCOC(=O)C1=C(C)NC2=C(C(=O)c3ccccc32)[C@@H]1c1cc(Br)ccc1OCC(=O)O. The van der Waals surface area contributed by atoms with Gasteiger partial charge in [0.05, 0.1) is 23.8 Å². The first-order chi connectivity index (χ1) is 15.3. The fourth-order valence-electron chi connectivity index (χ4n) is 4.14. The Morgan fingerprint density at radius 1 is 1.16 bits per heavy atom. The number of hydrogen-bond acceptors (Lipinski definition) is 6. The molecule has 2 aliphatic rings. The molecule has 1 aliphatic heterocycles. The summed E-state index contributed by atoms with van der Waals surface area (Å²) in [4.78, 5) is 37.6. The number of Topliss-reactive ketones (excluding diaryl/α,β-unsaturated/α-hetero) is 1. The molecule has 2 aromatic rings. The largest absolute Gasteiger partial charge is 0.482 e. The topological polar surface area (TPSA) is 102 Å². The molecule has 164 valence electrons. The normalized spacial score (nSPS) is 17.0. The van der Waals surface area contributed by atoms with Crippen LogP contribution < -0.4 is 10.1 Å². The molecular weight excluding hydrogens is 478 g/mol. The van der Waals surface area contributed by atoms with Crippen molar-refractivity contribution in [2.24, 2.45) is 0 Å². The number of hydrogen-bond donors (Lipinski definition) is 2. The highest BCUT2D eigenvalue weighted by Gasteiger charge is 2.44. The summed E-state index contributed by atoms with van der Waals surface area (Å²) in [6, 6.07) is 12.3. The van der Waals surface area contributed by atoms with Crippen LogP contribution in [0.3, 0.4) is 0 Å². The molecule has 1 aliphatic carbocycles. The number of dihydropyridines is 1. The molecule has 1 heterocycles. The number of fused-ring (bicyclic) bond motifs is 2. The lowest BCUT2D eigenvalue weighted by molar-refractivity contribution is -0.140. The summed E-state index contributed by atoms with van der Waals surface area (Å²) >= 11 is 3.44. The highest BCUT2D eigenvalue weighted by atomic mass is 79.9. The summed E-state index contributed by atoms with van der Waals surface area (Å²) in [5, 5.41) is 12.3. The first kappa shape index (κ1) is 21.8. The zero-order valence-corrected chi connectivity index (χ0v) is 19.0. The smallest absolute Gasteiger partial charge is 0.341 e. The fraction of sp³-hybridized carbons (Fsp3) is 0.208. The van der Waals surface area contributed by atoms with E-state index in [1.807, 2.05) is 12.1 Å². The van der Waals surface area contributed by atoms with E-state index in [1.54, 1.807) is 44.2 Å².